The van der Waals surface area contributed by atoms with Gasteiger partial charge in [-0.25, -0.2) is 0 Å². The van der Waals surface area contributed by atoms with E-state index in [1.165, 1.54) is 0 Å². The highest BCUT2D eigenvalue weighted by molar-refractivity contribution is 6.39. The Morgan fingerprint density at radius 2 is 1.73 bits per heavy atom. The third-order valence-corrected chi connectivity index (χ3v) is 4.99. The van der Waals surface area contributed by atoms with Crippen LogP contribution in [0.4, 0.5) is 5.69 Å². The second-order valence-electron chi connectivity index (χ2n) is 7.22. The minimum absolute atomic E-state index is 0.424. The number of ether oxygens (including phenoxy) is 1. The number of hydrogen-bond donors (Lipinski definition) is 2. The Balaban J connectivity index is 1.77. The van der Waals surface area contributed by atoms with E-state index < -0.39 is 11.8 Å². The number of nitrogens with one attached hydrogen (secondary N) is 2. The summed E-state index contributed by atoms with van der Waals surface area (Å²) in [6.07, 6.45) is 2.06. The van der Waals surface area contributed by atoms with Gasteiger partial charge >= 0.3 is 11.8 Å². The Kier molecular flexibility index (Phi) is 7.60. The zero-order valence-electron chi connectivity index (χ0n) is 16.4. The fourth-order valence-corrected chi connectivity index (χ4v) is 3.50. The number of amides is 2. The third kappa shape index (κ3) is 5.81. The molecule has 1 fully saturated rings. The predicted octanol–water partition coefficient (Wildman–Crippen LogP) is 2.02. The van der Waals surface area contributed by atoms with E-state index in [1.807, 2.05) is 32.9 Å². The van der Waals surface area contributed by atoms with Gasteiger partial charge in [-0.2, -0.15) is 0 Å². The number of hydrogen-bond acceptors (Lipinski definition) is 4. The van der Waals surface area contributed by atoms with E-state index >= 15 is 0 Å². The molecule has 0 spiro atoms. The first kappa shape index (κ1) is 20.4. The molecule has 0 unspecified atom stereocenters. The number of methoxy groups -OCH3 is 1. The summed E-state index contributed by atoms with van der Waals surface area (Å²) in [7, 11) is 1.72. The van der Waals surface area contributed by atoms with E-state index in [0.29, 0.717) is 12.5 Å². The minimum atomic E-state index is -0.599. The number of aryl methyl sites for hydroxylation is 3. The quantitative estimate of drug-likeness (QED) is 0.761. The maximum absolute atomic E-state index is 12.2. The van der Waals surface area contributed by atoms with Crippen LogP contribution in [-0.4, -0.2) is 56.6 Å². The molecular weight excluding hydrogens is 330 g/mol. The summed E-state index contributed by atoms with van der Waals surface area (Å²) in [5.41, 5.74) is 3.79. The van der Waals surface area contributed by atoms with Crippen molar-refractivity contribution in [1.29, 1.82) is 0 Å². The summed E-state index contributed by atoms with van der Waals surface area (Å²) in [6.45, 7) is 10.2. The van der Waals surface area contributed by atoms with Crippen LogP contribution in [0.15, 0.2) is 12.1 Å². The van der Waals surface area contributed by atoms with Crippen molar-refractivity contribution in [2.24, 2.45) is 5.92 Å². The molecule has 1 aliphatic heterocycles. The topological polar surface area (TPSA) is 70.7 Å². The smallest absolute Gasteiger partial charge is 0.313 e. The van der Waals surface area contributed by atoms with E-state index in [-0.39, 0.29) is 0 Å². The van der Waals surface area contributed by atoms with Gasteiger partial charge in [0.15, 0.2) is 0 Å². The second-order valence-corrected chi connectivity index (χ2v) is 7.22. The van der Waals surface area contributed by atoms with Crippen molar-refractivity contribution in [3.8, 4) is 0 Å². The predicted molar refractivity (Wildman–Crippen MR) is 103 cm³/mol. The van der Waals surface area contributed by atoms with Gasteiger partial charge in [0.25, 0.3) is 0 Å². The van der Waals surface area contributed by atoms with Gasteiger partial charge in [-0.1, -0.05) is 17.7 Å². The second kappa shape index (κ2) is 9.69. The molecule has 144 valence electrons. The van der Waals surface area contributed by atoms with Gasteiger partial charge in [0.05, 0.1) is 6.61 Å². The lowest BCUT2D eigenvalue weighted by Gasteiger charge is -2.31. The fourth-order valence-electron chi connectivity index (χ4n) is 3.50. The molecule has 26 heavy (non-hydrogen) atoms. The molecule has 0 bridgehead atoms. The van der Waals surface area contributed by atoms with E-state index in [4.69, 9.17) is 4.74 Å². The van der Waals surface area contributed by atoms with E-state index in [1.54, 1.807) is 7.11 Å². The van der Waals surface area contributed by atoms with Crippen LogP contribution in [-0.2, 0) is 14.3 Å². The van der Waals surface area contributed by atoms with Crippen LogP contribution < -0.4 is 10.6 Å². The molecule has 2 N–H and O–H groups in total. The summed E-state index contributed by atoms with van der Waals surface area (Å²) in [5, 5.41) is 5.54. The van der Waals surface area contributed by atoms with Crippen LogP contribution in [0.25, 0.3) is 0 Å². The molecule has 2 rings (SSSR count). The van der Waals surface area contributed by atoms with E-state index in [0.717, 1.165) is 61.5 Å². The number of benzene rings is 1. The van der Waals surface area contributed by atoms with Gasteiger partial charge in [-0.3, -0.25) is 9.59 Å². The molecule has 2 amide bonds. The van der Waals surface area contributed by atoms with E-state index in [2.05, 4.69) is 15.5 Å². The average molecular weight is 361 g/mol. The van der Waals surface area contributed by atoms with Crippen molar-refractivity contribution in [1.82, 2.24) is 10.2 Å². The highest BCUT2D eigenvalue weighted by Crippen LogP contribution is 2.22. The zero-order valence-corrected chi connectivity index (χ0v) is 16.4. The number of piperidine rings is 1. The molecule has 0 aliphatic carbocycles. The van der Waals surface area contributed by atoms with Crippen molar-refractivity contribution in [2.45, 2.75) is 33.6 Å². The Hall–Kier alpha value is -1.92. The van der Waals surface area contributed by atoms with E-state index in [9.17, 15) is 9.59 Å². The monoisotopic (exact) mass is 361 g/mol. The maximum Gasteiger partial charge on any atom is 0.313 e. The van der Waals surface area contributed by atoms with Crippen LogP contribution in [0.2, 0.25) is 0 Å². The normalized spacial score (nSPS) is 15.7. The summed E-state index contributed by atoms with van der Waals surface area (Å²) in [5.74, 6) is -0.739. The molecule has 1 heterocycles. The molecule has 1 saturated heterocycles. The zero-order chi connectivity index (χ0) is 19.1. The molecule has 6 heteroatoms. The summed E-state index contributed by atoms with van der Waals surface area (Å²) < 4.78 is 5.11. The Bertz CT molecular complexity index is 614. The lowest BCUT2D eigenvalue weighted by atomic mass is 9.97. The molecule has 1 aliphatic rings. The van der Waals surface area contributed by atoms with Crippen LogP contribution >= 0.6 is 0 Å². The van der Waals surface area contributed by atoms with Crippen molar-refractivity contribution in [3.63, 3.8) is 0 Å². The molecule has 0 aromatic heterocycles. The molecule has 1 aromatic carbocycles. The lowest BCUT2D eigenvalue weighted by Crippen LogP contribution is -2.42. The van der Waals surface area contributed by atoms with Gasteiger partial charge in [-0.15, -0.1) is 0 Å². The SMILES string of the molecule is COCCN1CCC(CNC(=O)C(=O)Nc2c(C)cc(C)cc2C)CC1. The van der Waals surface area contributed by atoms with Crippen LogP contribution in [0.3, 0.4) is 0 Å². The van der Waals surface area contributed by atoms with Gasteiger partial charge < -0.3 is 20.3 Å². The first-order chi connectivity index (χ1) is 12.4. The number of rotatable bonds is 6. The third-order valence-electron chi connectivity index (χ3n) is 4.99. The number of carbonyl (C=O) groups is 2. The highest BCUT2D eigenvalue weighted by Gasteiger charge is 2.21. The first-order valence-electron chi connectivity index (χ1n) is 9.29. The average Bonchev–Trinajstić information content (AvgIpc) is 2.61. The fraction of sp³-hybridized carbons (Fsp3) is 0.600. The summed E-state index contributed by atoms with van der Waals surface area (Å²) in [4.78, 5) is 26.7. The Labute approximate surface area is 156 Å². The molecule has 0 saturated carbocycles. The lowest BCUT2D eigenvalue weighted by molar-refractivity contribution is -0.136. The minimum Gasteiger partial charge on any atom is -0.383 e. The van der Waals surface area contributed by atoms with Gasteiger partial charge in [-0.05, 0) is 63.7 Å². The standard InChI is InChI=1S/C20H31N3O3/c1-14-11-15(2)18(16(3)12-14)22-20(25)19(24)21-13-17-5-7-23(8-6-17)9-10-26-4/h11-12,17H,5-10,13H2,1-4H3,(H,21,24)(H,22,25). The molecule has 0 radical (unpaired) electrons. The van der Waals surface area contributed by atoms with Crippen LogP contribution in [0, 0.1) is 26.7 Å². The van der Waals surface area contributed by atoms with Crippen LogP contribution in [0.5, 0.6) is 0 Å². The number of likely N-dealkylation sites (tertiary alicyclic amines) is 1. The molecule has 1 aromatic rings. The Morgan fingerprint density at radius 1 is 1.12 bits per heavy atom. The first-order valence-corrected chi connectivity index (χ1v) is 9.29. The van der Waals surface area contributed by atoms with Gasteiger partial charge in [0.1, 0.15) is 0 Å². The van der Waals surface area contributed by atoms with Gasteiger partial charge in [0, 0.05) is 25.9 Å². The summed E-state index contributed by atoms with van der Waals surface area (Å²) >= 11 is 0. The number of anilines is 1. The largest absolute Gasteiger partial charge is 0.383 e. The number of carbonyl (C=O) groups excluding carboxylic acids is 2. The number of nitrogens with zero attached hydrogens (tertiary/aromatic N) is 1. The highest BCUT2D eigenvalue weighted by atomic mass is 16.5. The van der Waals surface area contributed by atoms with Gasteiger partial charge in [0.2, 0.25) is 0 Å². The Morgan fingerprint density at radius 3 is 2.31 bits per heavy atom. The van der Waals surface area contributed by atoms with Crippen molar-refractivity contribution >= 4 is 17.5 Å². The maximum atomic E-state index is 12.2. The summed E-state index contributed by atoms with van der Waals surface area (Å²) in [6, 6.07) is 4.00. The molecule has 6 nitrogen and oxygen atoms in total. The van der Waals surface area contributed by atoms with Crippen molar-refractivity contribution in [3.05, 3.63) is 28.8 Å². The molecule has 0 atom stereocenters. The van der Waals surface area contributed by atoms with Crippen molar-refractivity contribution < 1.29 is 14.3 Å². The molecular formula is C20H31N3O3. The van der Waals surface area contributed by atoms with Crippen molar-refractivity contribution in [2.75, 3.05) is 45.2 Å². The van der Waals surface area contributed by atoms with Crippen LogP contribution in [0.1, 0.15) is 29.5 Å².